The largest absolute Gasteiger partial charge is 0.347 e. The number of anilines is 2. The van der Waals surface area contributed by atoms with Crippen molar-refractivity contribution in [2.24, 2.45) is 0 Å². The minimum Gasteiger partial charge on any atom is -0.347 e. The van der Waals surface area contributed by atoms with Gasteiger partial charge in [0.2, 0.25) is 5.91 Å². The molecule has 1 N–H and O–H groups in total. The van der Waals surface area contributed by atoms with E-state index in [1.54, 1.807) is 0 Å². The maximum Gasteiger partial charge on any atom is 0.251 e. The molecule has 2 aromatic rings. The van der Waals surface area contributed by atoms with E-state index in [1.165, 1.54) is 0 Å². The van der Waals surface area contributed by atoms with Gasteiger partial charge in [-0.15, -0.1) is 0 Å². The summed E-state index contributed by atoms with van der Waals surface area (Å²) in [5.41, 5.74) is 3.53. The highest BCUT2D eigenvalue weighted by Gasteiger charge is 2.37. The lowest BCUT2D eigenvalue weighted by atomic mass is 10.0. The number of para-hydroxylation sites is 1. The Balaban J connectivity index is 1.30. The summed E-state index contributed by atoms with van der Waals surface area (Å²) in [6.07, 6.45) is 9.64. The van der Waals surface area contributed by atoms with Gasteiger partial charge in [0, 0.05) is 35.9 Å². The zero-order chi connectivity index (χ0) is 22.1. The number of hydrogen-bond donors (Lipinski definition) is 1. The average molecular weight is 450 g/mol. The Kier molecular flexibility index (Phi) is 5.92. The van der Waals surface area contributed by atoms with E-state index in [9.17, 15) is 9.59 Å². The van der Waals surface area contributed by atoms with E-state index in [0.717, 1.165) is 55.6 Å². The fourth-order valence-corrected chi connectivity index (χ4v) is 5.52. The summed E-state index contributed by atoms with van der Waals surface area (Å²) in [5, 5.41) is 3.26. The third-order valence-corrected chi connectivity index (χ3v) is 7.19. The molecule has 6 heteroatoms. The Hall–Kier alpha value is -2.79. The molecule has 0 radical (unpaired) electrons. The van der Waals surface area contributed by atoms with Gasteiger partial charge in [0.1, 0.15) is 5.50 Å². The SMILES string of the molecule is O=C(NC1CCCC1N1c2ccccc2C=CC1Cl)c1ccc(N2CCCCC2=O)cc1. The Morgan fingerprint density at radius 1 is 1.00 bits per heavy atom. The van der Waals surface area contributed by atoms with Crippen LogP contribution in [0.2, 0.25) is 0 Å². The minimum absolute atomic E-state index is 0.0339. The van der Waals surface area contributed by atoms with Gasteiger partial charge in [-0.25, -0.2) is 0 Å². The zero-order valence-corrected chi connectivity index (χ0v) is 18.8. The van der Waals surface area contributed by atoms with Crippen molar-refractivity contribution in [2.45, 2.75) is 56.1 Å². The number of carbonyl (C=O) groups is 2. The van der Waals surface area contributed by atoms with Crippen LogP contribution in [0.25, 0.3) is 6.08 Å². The van der Waals surface area contributed by atoms with Crippen LogP contribution in [0.4, 0.5) is 11.4 Å². The van der Waals surface area contributed by atoms with Crippen molar-refractivity contribution in [1.82, 2.24) is 5.32 Å². The lowest BCUT2D eigenvalue weighted by Gasteiger charge is -2.40. The molecule has 0 spiro atoms. The summed E-state index contributed by atoms with van der Waals surface area (Å²) >= 11 is 6.71. The second kappa shape index (κ2) is 8.99. The van der Waals surface area contributed by atoms with E-state index < -0.39 is 0 Å². The first-order valence-electron chi connectivity index (χ1n) is 11.5. The number of carbonyl (C=O) groups excluding carboxylic acids is 2. The van der Waals surface area contributed by atoms with Crippen molar-refractivity contribution in [1.29, 1.82) is 0 Å². The first-order valence-corrected chi connectivity index (χ1v) is 12.0. The highest BCUT2D eigenvalue weighted by Crippen LogP contribution is 2.37. The van der Waals surface area contributed by atoms with Crippen LogP contribution >= 0.6 is 11.6 Å². The van der Waals surface area contributed by atoms with Gasteiger partial charge in [0.25, 0.3) is 5.91 Å². The standard InChI is InChI=1S/C26H28ClN3O2/c27-24-16-13-18-6-1-2-8-22(18)30(24)23-9-5-7-21(23)28-26(32)19-11-14-20(15-12-19)29-17-4-3-10-25(29)31/h1-2,6,8,11-16,21,23-24H,3-5,7,9-10,17H2,(H,28,32). The molecule has 0 aromatic heterocycles. The second-order valence-corrected chi connectivity index (χ2v) is 9.27. The molecule has 2 aliphatic heterocycles. The van der Waals surface area contributed by atoms with Crippen LogP contribution in [0.3, 0.4) is 0 Å². The molecule has 0 bridgehead atoms. The van der Waals surface area contributed by atoms with E-state index in [2.05, 4.69) is 28.4 Å². The highest BCUT2D eigenvalue weighted by atomic mass is 35.5. The van der Waals surface area contributed by atoms with Gasteiger partial charge in [-0.3, -0.25) is 9.59 Å². The fourth-order valence-electron chi connectivity index (χ4n) is 5.20. The van der Waals surface area contributed by atoms with Gasteiger partial charge < -0.3 is 15.1 Å². The quantitative estimate of drug-likeness (QED) is 0.530. The van der Waals surface area contributed by atoms with E-state index >= 15 is 0 Å². The fraction of sp³-hybridized carbons (Fsp3) is 0.385. The van der Waals surface area contributed by atoms with Gasteiger partial charge in [-0.05, 0) is 74.1 Å². The molecule has 1 saturated heterocycles. The van der Waals surface area contributed by atoms with Crippen LogP contribution in [-0.2, 0) is 4.79 Å². The first-order chi connectivity index (χ1) is 15.6. The Labute approximate surface area is 194 Å². The maximum atomic E-state index is 13.1. The summed E-state index contributed by atoms with van der Waals surface area (Å²) < 4.78 is 0. The molecule has 1 saturated carbocycles. The maximum absolute atomic E-state index is 13.1. The van der Waals surface area contributed by atoms with Crippen molar-refractivity contribution in [3.05, 3.63) is 65.7 Å². The molecule has 3 atom stereocenters. The van der Waals surface area contributed by atoms with Crippen LogP contribution < -0.4 is 15.1 Å². The molecular weight excluding hydrogens is 422 g/mol. The summed E-state index contributed by atoms with van der Waals surface area (Å²) in [7, 11) is 0. The van der Waals surface area contributed by atoms with Crippen molar-refractivity contribution >= 4 is 40.9 Å². The van der Waals surface area contributed by atoms with Gasteiger partial charge in [0.15, 0.2) is 0 Å². The van der Waals surface area contributed by atoms with E-state index in [0.29, 0.717) is 12.0 Å². The first kappa shape index (κ1) is 21.1. The number of halogens is 1. The van der Waals surface area contributed by atoms with Crippen LogP contribution in [0.1, 0.15) is 54.4 Å². The van der Waals surface area contributed by atoms with Crippen LogP contribution in [0.15, 0.2) is 54.6 Å². The molecule has 5 nitrogen and oxygen atoms in total. The predicted octanol–water partition coefficient (Wildman–Crippen LogP) is 4.95. The van der Waals surface area contributed by atoms with Crippen molar-refractivity contribution in [2.75, 3.05) is 16.3 Å². The normalized spacial score (nSPS) is 25.0. The van der Waals surface area contributed by atoms with E-state index in [4.69, 9.17) is 11.6 Å². The monoisotopic (exact) mass is 449 g/mol. The minimum atomic E-state index is -0.228. The molecule has 2 aromatic carbocycles. The number of piperidine rings is 1. The van der Waals surface area contributed by atoms with Crippen LogP contribution in [0.5, 0.6) is 0 Å². The Morgan fingerprint density at radius 3 is 2.62 bits per heavy atom. The number of alkyl halides is 1. The molecule has 5 rings (SSSR count). The Bertz CT molecular complexity index is 1040. The predicted molar refractivity (Wildman–Crippen MR) is 129 cm³/mol. The number of benzene rings is 2. The molecular formula is C26H28ClN3O2. The Morgan fingerprint density at radius 2 is 1.81 bits per heavy atom. The van der Waals surface area contributed by atoms with Crippen molar-refractivity contribution < 1.29 is 9.59 Å². The molecule has 3 aliphatic rings. The summed E-state index contributed by atoms with van der Waals surface area (Å²) in [6.45, 7) is 0.749. The van der Waals surface area contributed by atoms with Crippen molar-refractivity contribution in [3.63, 3.8) is 0 Å². The lowest BCUT2D eigenvalue weighted by Crippen LogP contribution is -2.51. The molecule has 2 amide bonds. The third-order valence-electron chi connectivity index (χ3n) is 6.83. The second-order valence-electron chi connectivity index (χ2n) is 8.83. The highest BCUT2D eigenvalue weighted by molar-refractivity contribution is 6.24. The van der Waals surface area contributed by atoms with Gasteiger partial charge in [0.05, 0.1) is 6.04 Å². The molecule has 1 aliphatic carbocycles. The topological polar surface area (TPSA) is 52.7 Å². The smallest absolute Gasteiger partial charge is 0.251 e. The van der Waals surface area contributed by atoms with E-state index in [-0.39, 0.29) is 29.4 Å². The lowest BCUT2D eigenvalue weighted by molar-refractivity contribution is -0.119. The number of rotatable bonds is 4. The molecule has 2 heterocycles. The van der Waals surface area contributed by atoms with Gasteiger partial charge >= 0.3 is 0 Å². The molecule has 3 unspecified atom stereocenters. The van der Waals surface area contributed by atoms with Crippen LogP contribution in [-0.4, -0.2) is 35.9 Å². The number of nitrogens with zero attached hydrogens (tertiary/aromatic N) is 2. The third kappa shape index (κ3) is 4.02. The molecule has 166 valence electrons. The molecule has 32 heavy (non-hydrogen) atoms. The average Bonchev–Trinajstić information content (AvgIpc) is 3.27. The number of nitrogens with one attached hydrogen (secondary N) is 1. The van der Waals surface area contributed by atoms with Gasteiger partial charge in [-0.2, -0.15) is 0 Å². The summed E-state index contributed by atoms with van der Waals surface area (Å²) in [6, 6.07) is 15.8. The number of amides is 2. The summed E-state index contributed by atoms with van der Waals surface area (Å²) in [4.78, 5) is 29.3. The van der Waals surface area contributed by atoms with Gasteiger partial charge in [-0.1, -0.05) is 35.9 Å². The zero-order valence-electron chi connectivity index (χ0n) is 18.0. The molecule has 2 fully saturated rings. The summed E-state index contributed by atoms with van der Waals surface area (Å²) in [5.74, 6) is 0.0825. The number of hydrogen-bond acceptors (Lipinski definition) is 3. The number of fused-ring (bicyclic) bond motifs is 1. The van der Waals surface area contributed by atoms with Crippen LogP contribution in [0, 0.1) is 0 Å². The van der Waals surface area contributed by atoms with E-state index in [1.807, 2.05) is 47.4 Å². The van der Waals surface area contributed by atoms with Crippen molar-refractivity contribution in [3.8, 4) is 0 Å².